The molecule has 0 aliphatic carbocycles. The number of hydrogen-bond donors (Lipinski definition) is 4. The van der Waals surface area contributed by atoms with Crippen molar-refractivity contribution in [1.29, 1.82) is 0 Å². The molecule has 2 unspecified atom stereocenters. The lowest BCUT2D eigenvalue weighted by atomic mass is 10.1. The molecule has 2 aromatic heterocycles. The largest absolute Gasteiger partial charge is 0.382 e. The second kappa shape index (κ2) is 23.3. The molecule has 0 saturated carbocycles. The Kier molecular flexibility index (Phi) is 17.9. The van der Waals surface area contributed by atoms with Gasteiger partial charge in [-0.15, -0.1) is 0 Å². The van der Waals surface area contributed by atoms with Gasteiger partial charge in [-0.05, 0) is 108 Å². The summed E-state index contributed by atoms with van der Waals surface area (Å²) < 4.78 is 116. The molecule has 0 aliphatic heterocycles. The van der Waals surface area contributed by atoms with Crippen molar-refractivity contribution >= 4 is 69.7 Å². The van der Waals surface area contributed by atoms with Crippen molar-refractivity contribution in [3.8, 4) is 22.5 Å². The molecule has 0 aliphatic rings. The van der Waals surface area contributed by atoms with Crippen LogP contribution >= 0.6 is 15.2 Å². The van der Waals surface area contributed by atoms with E-state index < -0.39 is 61.3 Å². The Morgan fingerprint density at radius 1 is 0.658 bits per heavy atom. The summed E-state index contributed by atoms with van der Waals surface area (Å²) in [6.07, 6.45) is 3.31. The average Bonchev–Trinajstić information content (AvgIpc) is 3.36. The van der Waals surface area contributed by atoms with E-state index in [2.05, 4.69) is 30.6 Å². The normalized spacial score (nSPS) is 13.5. The summed E-state index contributed by atoms with van der Waals surface area (Å²) >= 11 is 0. The van der Waals surface area contributed by atoms with Gasteiger partial charge in [0, 0.05) is 22.5 Å². The Morgan fingerprint density at radius 3 is 1.55 bits per heavy atom. The van der Waals surface area contributed by atoms with E-state index in [-0.39, 0.29) is 77.8 Å². The minimum absolute atomic E-state index is 0.0321. The topological polar surface area (TPSA) is 301 Å². The van der Waals surface area contributed by atoms with Gasteiger partial charge in [0.25, 0.3) is 11.8 Å². The van der Waals surface area contributed by atoms with Crippen molar-refractivity contribution in [2.45, 2.75) is 73.9 Å². The first-order chi connectivity index (χ1) is 34.5. The lowest BCUT2D eigenvalue weighted by Gasteiger charge is -2.32. The van der Waals surface area contributed by atoms with E-state index in [1.165, 1.54) is 69.6 Å². The van der Waals surface area contributed by atoms with Crippen LogP contribution in [-0.2, 0) is 53.3 Å². The monoisotopic (exact) mass is 1080 g/mol. The summed E-state index contributed by atoms with van der Waals surface area (Å²) in [4.78, 5) is 42.8. The Bertz CT molecular complexity index is 3270. The third-order valence-electron chi connectivity index (χ3n) is 11.1. The SMILES string of the molecule is CCOP(=O)(OCCCc1ccc(-c2cnc(N)c(C(=O)Nc3ccc(S(=O)(=O)C(C)(C)P(=O)(OCC)OCC)cc3)n2)cc1)C(F)S(=O)(=O)c1ccc(NC(=O)c2nc(-c3ccc(C)cc3)cnc2N)cc1. The summed E-state index contributed by atoms with van der Waals surface area (Å²) in [5.74, 6) is -1.77. The average molecular weight is 1080 g/mol. The molecular formula is C48H55FN8O12P2S2. The van der Waals surface area contributed by atoms with Crippen molar-refractivity contribution in [3.05, 3.63) is 132 Å². The lowest BCUT2D eigenvalue weighted by molar-refractivity contribution is 0.101. The molecule has 0 fully saturated rings. The Morgan fingerprint density at radius 2 is 1.10 bits per heavy atom. The number of nitrogen functional groups attached to an aromatic ring is 2. The molecule has 6 aromatic rings. The number of carbonyl (C=O) groups excluding carboxylic acids is 2. The number of aryl methyl sites for hydroxylation is 2. The van der Waals surface area contributed by atoms with Gasteiger partial charge in [0.15, 0.2) is 37.3 Å². The molecule has 20 nitrogen and oxygen atoms in total. The fourth-order valence-corrected chi connectivity index (χ4v) is 15.1. The van der Waals surface area contributed by atoms with Crippen molar-refractivity contribution in [1.82, 2.24) is 19.9 Å². The van der Waals surface area contributed by atoms with Crippen LogP contribution in [0, 0.1) is 6.92 Å². The minimum Gasteiger partial charge on any atom is -0.382 e. The number of rotatable bonds is 23. The predicted molar refractivity (Wildman–Crippen MR) is 275 cm³/mol. The Hall–Kier alpha value is -6.29. The van der Waals surface area contributed by atoms with E-state index in [1.54, 1.807) is 38.1 Å². The highest BCUT2D eigenvalue weighted by atomic mass is 32.2. The van der Waals surface area contributed by atoms with Gasteiger partial charge in [0.1, 0.15) is 0 Å². The van der Waals surface area contributed by atoms with Gasteiger partial charge in [0.05, 0.1) is 60.0 Å². The molecule has 0 saturated heterocycles. The zero-order valence-corrected chi connectivity index (χ0v) is 44.1. The zero-order valence-electron chi connectivity index (χ0n) is 40.6. The van der Waals surface area contributed by atoms with Crippen LogP contribution in [0.5, 0.6) is 0 Å². The molecule has 73 heavy (non-hydrogen) atoms. The molecule has 2 atom stereocenters. The second-order valence-corrected chi connectivity index (χ2v) is 26.3. The van der Waals surface area contributed by atoms with Crippen molar-refractivity contribution in [3.63, 3.8) is 0 Å². The molecule has 0 radical (unpaired) electrons. The van der Waals surface area contributed by atoms with Gasteiger partial charge >= 0.3 is 20.4 Å². The summed E-state index contributed by atoms with van der Waals surface area (Å²) in [5, 5.41) is 2.12. The fraction of sp³-hybridized carbons (Fsp3) is 0.292. The van der Waals surface area contributed by atoms with E-state index in [9.17, 15) is 35.6 Å². The van der Waals surface area contributed by atoms with Crippen molar-refractivity contribution in [2.75, 3.05) is 48.5 Å². The summed E-state index contributed by atoms with van der Waals surface area (Å²) in [6.45, 7) is 8.32. The van der Waals surface area contributed by atoms with E-state index in [4.69, 9.17) is 29.6 Å². The molecule has 388 valence electrons. The van der Waals surface area contributed by atoms with Gasteiger partial charge in [-0.1, -0.05) is 54.1 Å². The molecule has 25 heteroatoms. The van der Waals surface area contributed by atoms with Crippen molar-refractivity contribution < 1.29 is 58.0 Å². The maximum Gasteiger partial charge on any atom is 0.380 e. The molecule has 6 rings (SSSR count). The number of hydrogen-bond acceptors (Lipinski definition) is 18. The van der Waals surface area contributed by atoms with Gasteiger partial charge < -0.3 is 40.2 Å². The molecule has 0 bridgehead atoms. The first-order valence-electron chi connectivity index (χ1n) is 22.6. The van der Waals surface area contributed by atoms with Crippen LogP contribution in [0.4, 0.5) is 27.4 Å². The van der Waals surface area contributed by atoms with Crippen LogP contribution in [0.3, 0.4) is 0 Å². The van der Waals surface area contributed by atoms with Crippen LogP contribution in [0.2, 0.25) is 0 Å². The molecule has 0 spiro atoms. The Balaban J connectivity index is 1.04. The van der Waals surface area contributed by atoms with Gasteiger partial charge in [-0.2, -0.15) is 0 Å². The first kappa shape index (κ1) is 56.0. The van der Waals surface area contributed by atoms with Gasteiger partial charge in [-0.3, -0.25) is 18.7 Å². The van der Waals surface area contributed by atoms with Crippen LogP contribution < -0.4 is 22.1 Å². The number of sulfone groups is 2. The van der Waals surface area contributed by atoms with Crippen molar-refractivity contribution in [2.24, 2.45) is 0 Å². The third-order valence-corrected chi connectivity index (χ3v) is 21.9. The third kappa shape index (κ3) is 12.6. The predicted octanol–water partition coefficient (Wildman–Crippen LogP) is 9.26. The number of amides is 2. The number of nitrogens with two attached hydrogens (primary N) is 2. The van der Waals surface area contributed by atoms with E-state index in [0.717, 1.165) is 23.3 Å². The highest BCUT2D eigenvalue weighted by Crippen LogP contribution is 2.63. The number of alkyl halides is 1. The summed E-state index contributed by atoms with van der Waals surface area (Å²) in [6, 6.07) is 24.0. The molecule has 2 amide bonds. The number of carbonyl (C=O) groups is 2. The molecular weight excluding hydrogens is 1030 g/mol. The number of benzene rings is 4. The van der Waals surface area contributed by atoms with E-state index in [1.807, 2.05) is 31.2 Å². The first-order valence-corrected chi connectivity index (χ1v) is 28.8. The van der Waals surface area contributed by atoms with Gasteiger partial charge in [0.2, 0.25) is 9.84 Å². The number of anilines is 4. The minimum atomic E-state index is -4.94. The lowest BCUT2D eigenvalue weighted by Crippen LogP contribution is -2.33. The standard InChI is InChI=1S/C48H55FN8O12P2S2/c1-7-66-70(60,47(49)72(62,63)37-24-20-35(21-25-37)54-45(58)41-43(50)52-29-39(56-41)33-16-12-31(4)13-17-33)69-28-10-11-32-14-18-34(19-15-32)40-30-53-44(51)42(57-40)46(59)55-36-22-26-38(27-23-36)73(64,65)48(5,6)71(61,67-8-2)68-9-3/h12-27,29-30,47H,7-11,28H2,1-6H3,(H2,50,52)(H2,51,53)(H,54,58)(H,55,59). The Labute approximate surface area is 422 Å². The number of nitrogens with zero attached hydrogens (tertiary/aromatic N) is 4. The van der Waals surface area contributed by atoms with E-state index in [0.29, 0.717) is 23.2 Å². The molecule has 6 N–H and O–H groups in total. The highest BCUT2D eigenvalue weighted by molar-refractivity contribution is 7.99. The second-order valence-electron chi connectivity index (χ2n) is 16.5. The quantitative estimate of drug-likeness (QED) is 0.0343. The fourth-order valence-electron chi connectivity index (χ4n) is 7.01. The highest BCUT2D eigenvalue weighted by Gasteiger charge is 2.54. The number of halogens is 1. The maximum absolute atomic E-state index is 15.9. The molecule has 4 aromatic carbocycles. The smallest absolute Gasteiger partial charge is 0.380 e. The summed E-state index contributed by atoms with van der Waals surface area (Å²) in [7, 11) is -18.2. The van der Waals surface area contributed by atoms with Crippen LogP contribution in [-0.4, -0.2) is 84.7 Å². The number of nitrogens with one attached hydrogen (secondary N) is 2. The molecule has 2 heterocycles. The maximum atomic E-state index is 15.9. The van der Waals surface area contributed by atoms with Crippen LogP contribution in [0.15, 0.2) is 119 Å². The zero-order chi connectivity index (χ0) is 53.4. The van der Waals surface area contributed by atoms with E-state index >= 15 is 4.39 Å². The number of aromatic nitrogens is 4. The van der Waals surface area contributed by atoms with Crippen LogP contribution in [0.25, 0.3) is 22.5 Å². The van der Waals surface area contributed by atoms with Crippen LogP contribution in [0.1, 0.15) is 73.1 Å². The summed E-state index contributed by atoms with van der Waals surface area (Å²) in [5.41, 5.74) is 15.7. The van der Waals surface area contributed by atoms with Gasteiger partial charge in [-0.25, -0.2) is 41.2 Å².